The maximum Gasteiger partial charge on any atom is 0.238 e. The van der Waals surface area contributed by atoms with Gasteiger partial charge in [0.1, 0.15) is 11.6 Å². The zero-order valence-corrected chi connectivity index (χ0v) is 13.6. The fourth-order valence-corrected chi connectivity index (χ4v) is 2.71. The Morgan fingerprint density at radius 3 is 2.75 bits per heavy atom. The summed E-state index contributed by atoms with van der Waals surface area (Å²) in [5.74, 6) is 0.377. The van der Waals surface area contributed by atoms with Crippen LogP contribution >= 0.6 is 0 Å². The average molecular weight is 329 g/mol. The van der Waals surface area contributed by atoms with Crippen LogP contribution in [0.5, 0.6) is 0 Å². The molecule has 0 aliphatic carbocycles. The van der Waals surface area contributed by atoms with Gasteiger partial charge in [-0.1, -0.05) is 6.07 Å². The molecule has 2 aromatic rings. The highest BCUT2D eigenvalue weighted by molar-refractivity contribution is 5.93. The Bertz CT molecular complexity index is 701. The number of hydrogen-bond donors (Lipinski definition) is 1. The van der Waals surface area contributed by atoms with Gasteiger partial charge in [0, 0.05) is 44.3 Å². The highest BCUT2D eigenvalue weighted by Crippen LogP contribution is 2.16. The van der Waals surface area contributed by atoms with Crippen LogP contribution in [0.25, 0.3) is 0 Å². The van der Waals surface area contributed by atoms with Crippen LogP contribution in [0.1, 0.15) is 5.56 Å². The van der Waals surface area contributed by atoms with Crippen molar-refractivity contribution in [2.24, 2.45) is 0 Å². The molecule has 1 saturated heterocycles. The number of aryl methyl sites for hydroxylation is 1. The minimum absolute atomic E-state index is 0.128. The Labute approximate surface area is 140 Å². The zero-order chi connectivity index (χ0) is 16.9. The van der Waals surface area contributed by atoms with Crippen molar-refractivity contribution in [3.05, 3.63) is 48.2 Å². The van der Waals surface area contributed by atoms with Gasteiger partial charge in [-0.2, -0.15) is 0 Å². The molecule has 0 spiro atoms. The van der Waals surface area contributed by atoms with E-state index in [0.29, 0.717) is 12.2 Å². The van der Waals surface area contributed by atoms with Crippen LogP contribution in [0, 0.1) is 12.7 Å². The van der Waals surface area contributed by atoms with Gasteiger partial charge in [-0.05, 0) is 24.6 Å². The average Bonchev–Trinajstić information content (AvgIpc) is 2.59. The summed E-state index contributed by atoms with van der Waals surface area (Å²) in [6.07, 6.45) is 5.07. The number of amides is 1. The monoisotopic (exact) mass is 329 g/mol. The molecule has 3 rings (SSSR count). The van der Waals surface area contributed by atoms with E-state index in [0.717, 1.165) is 37.6 Å². The third kappa shape index (κ3) is 4.05. The summed E-state index contributed by atoms with van der Waals surface area (Å²) in [5.41, 5.74) is 1.37. The number of rotatable bonds is 4. The van der Waals surface area contributed by atoms with Crippen molar-refractivity contribution in [3.8, 4) is 0 Å². The van der Waals surface area contributed by atoms with Crippen molar-refractivity contribution in [2.45, 2.75) is 6.92 Å². The van der Waals surface area contributed by atoms with E-state index in [2.05, 4.69) is 25.1 Å². The minimum Gasteiger partial charge on any atom is -0.353 e. The number of anilines is 2. The van der Waals surface area contributed by atoms with Crippen LogP contribution in [-0.2, 0) is 4.79 Å². The lowest BCUT2D eigenvalue weighted by atomic mass is 10.2. The first-order chi connectivity index (χ1) is 11.6. The van der Waals surface area contributed by atoms with E-state index >= 15 is 0 Å². The second-order valence-corrected chi connectivity index (χ2v) is 5.83. The fourth-order valence-electron chi connectivity index (χ4n) is 2.71. The summed E-state index contributed by atoms with van der Waals surface area (Å²) >= 11 is 0. The van der Waals surface area contributed by atoms with Gasteiger partial charge in [0.15, 0.2) is 0 Å². The number of nitrogens with zero attached hydrogens (tertiary/aromatic N) is 4. The summed E-state index contributed by atoms with van der Waals surface area (Å²) in [6, 6.07) is 4.39. The van der Waals surface area contributed by atoms with Crippen molar-refractivity contribution in [3.63, 3.8) is 0 Å². The Hall–Kier alpha value is -2.54. The van der Waals surface area contributed by atoms with E-state index in [1.165, 1.54) is 12.1 Å². The normalized spacial score (nSPS) is 15.3. The molecule has 0 radical (unpaired) electrons. The molecule has 0 bridgehead atoms. The summed E-state index contributed by atoms with van der Waals surface area (Å²) in [5, 5.41) is 2.78. The van der Waals surface area contributed by atoms with Gasteiger partial charge in [0.25, 0.3) is 0 Å². The SMILES string of the molecule is Cc1ccc(F)cc1NC(=O)CN1CCN(c2cnccn2)CC1. The number of carbonyl (C=O) groups excluding carboxylic acids is 1. The lowest BCUT2D eigenvalue weighted by Gasteiger charge is -2.34. The Morgan fingerprint density at radius 1 is 1.25 bits per heavy atom. The molecule has 1 aliphatic heterocycles. The fraction of sp³-hybridized carbons (Fsp3) is 0.353. The first-order valence-electron chi connectivity index (χ1n) is 7.91. The van der Waals surface area contributed by atoms with Gasteiger partial charge in [-0.15, -0.1) is 0 Å². The lowest BCUT2D eigenvalue weighted by molar-refractivity contribution is -0.117. The van der Waals surface area contributed by atoms with Crippen LogP contribution in [0.3, 0.4) is 0 Å². The molecule has 1 N–H and O–H groups in total. The standard InChI is InChI=1S/C17H20FN5O/c1-13-2-3-14(18)10-15(13)21-17(24)12-22-6-8-23(9-7-22)16-11-19-4-5-20-16/h2-5,10-11H,6-9,12H2,1H3,(H,21,24). The Kier molecular flexibility index (Phi) is 5.00. The molecule has 1 amide bonds. The van der Waals surface area contributed by atoms with Crippen molar-refractivity contribution in [1.82, 2.24) is 14.9 Å². The number of aromatic nitrogens is 2. The molecule has 6 nitrogen and oxygen atoms in total. The van der Waals surface area contributed by atoms with Crippen molar-refractivity contribution in [2.75, 3.05) is 42.9 Å². The Balaban J connectivity index is 1.51. The van der Waals surface area contributed by atoms with Crippen molar-refractivity contribution < 1.29 is 9.18 Å². The predicted molar refractivity (Wildman–Crippen MR) is 90.5 cm³/mol. The second kappa shape index (κ2) is 7.35. The molecule has 7 heteroatoms. The van der Waals surface area contributed by atoms with Gasteiger partial charge in [-0.3, -0.25) is 14.7 Å². The number of carbonyl (C=O) groups is 1. The van der Waals surface area contributed by atoms with Crippen molar-refractivity contribution in [1.29, 1.82) is 0 Å². The van der Waals surface area contributed by atoms with Gasteiger partial charge in [0.05, 0.1) is 12.7 Å². The number of benzene rings is 1. The van der Waals surface area contributed by atoms with Gasteiger partial charge < -0.3 is 10.2 Å². The first-order valence-corrected chi connectivity index (χ1v) is 7.91. The maximum atomic E-state index is 13.3. The molecule has 1 aromatic heterocycles. The summed E-state index contributed by atoms with van der Waals surface area (Å²) in [7, 11) is 0. The third-order valence-electron chi connectivity index (χ3n) is 4.09. The number of halogens is 1. The lowest BCUT2D eigenvalue weighted by Crippen LogP contribution is -2.49. The molecule has 1 aliphatic rings. The largest absolute Gasteiger partial charge is 0.353 e. The van der Waals surface area contributed by atoms with Crippen LogP contribution in [0.2, 0.25) is 0 Å². The van der Waals surface area contributed by atoms with Crippen LogP contribution in [0.4, 0.5) is 15.9 Å². The molecule has 0 unspecified atom stereocenters. The third-order valence-corrected chi connectivity index (χ3v) is 4.09. The number of piperazine rings is 1. The van der Waals surface area contributed by atoms with E-state index in [4.69, 9.17) is 0 Å². The molecule has 0 saturated carbocycles. The summed E-state index contributed by atoms with van der Waals surface area (Å²) < 4.78 is 13.3. The molecule has 0 atom stereocenters. The summed E-state index contributed by atoms with van der Waals surface area (Å²) in [6.45, 7) is 5.27. The van der Waals surface area contributed by atoms with E-state index < -0.39 is 0 Å². The number of nitrogens with one attached hydrogen (secondary N) is 1. The highest BCUT2D eigenvalue weighted by atomic mass is 19.1. The molecular weight excluding hydrogens is 309 g/mol. The zero-order valence-electron chi connectivity index (χ0n) is 13.6. The highest BCUT2D eigenvalue weighted by Gasteiger charge is 2.20. The van der Waals surface area contributed by atoms with Crippen molar-refractivity contribution >= 4 is 17.4 Å². The van der Waals surface area contributed by atoms with Gasteiger partial charge in [0.2, 0.25) is 5.91 Å². The molecule has 24 heavy (non-hydrogen) atoms. The van der Waals surface area contributed by atoms with E-state index in [-0.39, 0.29) is 11.7 Å². The van der Waals surface area contributed by atoms with Gasteiger partial charge in [-0.25, -0.2) is 9.37 Å². The molecule has 126 valence electrons. The van der Waals surface area contributed by atoms with E-state index in [9.17, 15) is 9.18 Å². The van der Waals surface area contributed by atoms with E-state index in [1.54, 1.807) is 24.7 Å². The maximum absolute atomic E-state index is 13.3. The molecule has 2 heterocycles. The van der Waals surface area contributed by atoms with Crippen LogP contribution in [0.15, 0.2) is 36.8 Å². The smallest absolute Gasteiger partial charge is 0.238 e. The second-order valence-electron chi connectivity index (χ2n) is 5.83. The topological polar surface area (TPSA) is 61.4 Å². The summed E-state index contributed by atoms with van der Waals surface area (Å²) in [4.78, 5) is 24.8. The molecule has 1 fully saturated rings. The predicted octanol–water partition coefficient (Wildman–Crippen LogP) is 1.68. The first kappa shape index (κ1) is 16.3. The van der Waals surface area contributed by atoms with Gasteiger partial charge >= 0.3 is 0 Å². The minimum atomic E-state index is -0.353. The van der Waals surface area contributed by atoms with Crippen LogP contribution in [-0.4, -0.2) is 53.5 Å². The quantitative estimate of drug-likeness (QED) is 0.925. The molecule has 1 aromatic carbocycles. The number of hydrogen-bond acceptors (Lipinski definition) is 5. The molecular formula is C17H20FN5O. The Morgan fingerprint density at radius 2 is 2.04 bits per heavy atom. The van der Waals surface area contributed by atoms with E-state index in [1.807, 2.05) is 6.92 Å². The van der Waals surface area contributed by atoms with Crippen LogP contribution < -0.4 is 10.2 Å².